The maximum atomic E-state index is 15.6. The molecule has 27 heteroatoms. The molecule has 0 radical (unpaired) electrons. The van der Waals surface area contributed by atoms with Crippen LogP contribution in [0.15, 0.2) is 394 Å². The quantitative estimate of drug-likeness (QED) is 0.0253. The van der Waals surface area contributed by atoms with E-state index in [9.17, 15) is 9.59 Å². The van der Waals surface area contributed by atoms with E-state index in [1.165, 1.54) is 43.5 Å². The van der Waals surface area contributed by atoms with Gasteiger partial charge in [0, 0.05) is 7.11 Å². The third-order valence-electron chi connectivity index (χ3n) is 24.5. The van der Waals surface area contributed by atoms with E-state index in [4.69, 9.17) is 99.5 Å². The van der Waals surface area contributed by atoms with E-state index >= 15 is 19.2 Å². The Bertz CT molecular complexity index is 6050. The van der Waals surface area contributed by atoms with Crippen LogP contribution < -0.4 is 0 Å². The lowest BCUT2D eigenvalue weighted by Gasteiger charge is -2.50. The maximum absolute atomic E-state index is 15.6. The maximum Gasteiger partial charge on any atom is 0.338 e. The molecule has 0 aliphatic carbocycles. The molecule has 4 aliphatic heterocycles. The van der Waals surface area contributed by atoms with Gasteiger partial charge in [0.2, 0.25) is 0 Å². The lowest BCUT2D eigenvalue weighted by atomic mass is 9.95. The summed E-state index contributed by atoms with van der Waals surface area (Å²) in [5.41, 5.74) is 5.88. The van der Waals surface area contributed by atoms with Gasteiger partial charge in [-0.3, -0.25) is 0 Å². The summed E-state index contributed by atoms with van der Waals surface area (Å²) in [6.45, 7) is -2.17. The van der Waals surface area contributed by atoms with Gasteiger partial charge in [0.15, 0.2) is 55.7 Å². The molecule has 4 fully saturated rings. The number of hydrogen-bond donors (Lipinski definition) is 0. The van der Waals surface area contributed by atoms with E-state index in [0.717, 1.165) is 22.3 Å². The predicted molar refractivity (Wildman–Crippen MR) is 520 cm³/mol. The fourth-order valence-electron chi connectivity index (χ4n) is 17.2. The molecule has 13 aromatic carbocycles. The molecule has 17 rings (SSSR count). The third kappa shape index (κ3) is 27.7. The van der Waals surface area contributed by atoms with Gasteiger partial charge in [-0.15, -0.1) is 0 Å². The molecule has 4 saturated heterocycles. The summed E-state index contributed by atoms with van der Waals surface area (Å²) >= 11 is 0. The van der Waals surface area contributed by atoms with E-state index in [2.05, 4.69) is 0 Å². The van der Waals surface area contributed by atoms with E-state index in [1.54, 1.807) is 146 Å². The van der Waals surface area contributed by atoms with Crippen molar-refractivity contribution in [3.8, 4) is 0 Å². The minimum atomic E-state index is -1.97. The Morgan fingerprint density at radius 2 is 0.420 bits per heavy atom. The number of benzene rings is 13. The van der Waals surface area contributed by atoms with E-state index < -0.39 is 178 Å². The van der Waals surface area contributed by atoms with Crippen molar-refractivity contribution in [3.63, 3.8) is 0 Å². The molecule has 0 aromatic heterocycles. The molecule has 0 spiro atoms. The highest BCUT2D eigenvalue weighted by atomic mass is 16.8. The van der Waals surface area contributed by atoms with Crippen LogP contribution in [0, 0.1) is 0 Å². The van der Waals surface area contributed by atoms with Crippen molar-refractivity contribution in [2.75, 3.05) is 33.5 Å². The Labute approximate surface area is 828 Å². The molecule has 143 heavy (non-hydrogen) atoms. The molecule has 4 aliphatic rings. The molecular formula is C116H110O27. The van der Waals surface area contributed by atoms with Gasteiger partial charge < -0.3 is 99.5 Å². The average Bonchev–Trinajstić information content (AvgIpc) is 0.759. The van der Waals surface area contributed by atoms with Gasteiger partial charge in [-0.1, -0.05) is 322 Å². The second-order valence-corrected chi connectivity index (χ2v) is 34.4. The molecule has 736 valence electrons. The van der Waals surface area contributed by atoms with Crippen molar-refractivity contribution in [2.24, 2.45) is 0 Å². The standard InChI is InChI=1S/C116H110O27/c1-123-113-105(141-111(121)89-63-37-13-38-64-89)102(140-110(120)88-61-35-12-36-62-88)98(93(134-113)75-131-107(117)85-55-29-9-30-56-85)143-116-104(130-73-84-53-27-8-28-54-84)100(128-71-82-49-23-6-24-50-82)96(126-69-80-45-19-4-20-46-80)92(137-116)76-133-115-106(142-112(122)90-65-39-14-40-66-90)101(139-109(119)87-59-33-11-34-60-87)97(138-108(118)86-57-31-10-32-58-86)94(136-115)77-132-114-103(129-72-83-51-25-7-26-52-83)99(127-70-81-47-21-5-22-48-81)95(125-68-79-43-17-3-18-44-79)91(135-114)74-124-67-78-41-15-2-16-42-78/h2-66,91-106,113-116H,67-77H2,1H3/t91-,92-,93-,94-,95-,96-,97-,98-,99+,100+,101+,102+,103-,104-,105-,106-,113+,114+,115-,116-/m1/s1. The summed E-state index contributed by atoms with van der Waals surface area (Å²) in [5.74, 6) is -5.45. The Balaban J connectivity index is 0.811. The summed E-state index contributed by atoms with van der Waals surface area (Å²) in [4.78, 5) is 91.2. The molecular weight excluding hydrogens is 1830 g/mol. The predicted octanol–water partition coefficient (Wildman–Crippen LogP) is 17.7. The minimum Gasteiger partial charge on any atom is -0.459 e. The lowest BCUT2D eigenvalue weighted by Crippen LogP contribution is -2.67. The number of carbonyl (C=O) groups is 6. The number of carbonyl (C=O) groups excluding carboxylic acids is 6. The van der Waals surface area contributed by atoms with Crippen LogP contribution in [0.3, 0.4) is 0 Å². The number of rotatable bonds is 44. The van der Waals surface area contributed by atoms with Crippen LogP contribution in [-0.4, -0.2) is 192 Å². The molecule has 27 nitrogen and oxygen atoms in total. The van der Waals surface area contributed by atoms with Gasteiger partial charge in [0.1, 0.15) is 73.8 Å². The van der Waals surface area contributed by atoms with Crippen molar-refractivity contribution in [3.05, 3.63) is 467 Å². The van der Waals surface area contributed by atoms with Gasteiger partial charge in [-0.25, -0.2) is 28.8 Å². The molecule has 0 amide bonds. The Morgan fingerprint density at radius 3 is 0.748 bits per heavy atom. The first kappa shape index (κ1) is 101. The third-order valence-corrected chi connectivity index (χ3v) is 24.5. The number of hydrogen-bond acceptors (Lipinski definition) is 27. The first-order chi connectivity index (χ1) is 70.4. The van der Waals surface area contributed by atoms with Crippen LogP contribution in [0.4, 0.5) is 0 Å². The molecule has 0 unspecified atom stereocenters. The van der Waals surface area contributed by atoms with E-state index in [0.29, 0.717) is 16.7 Å². The first-order valence-corrected chi connectivity index (χ1v) is 47.5. The zero-order valence-corrected chi connectivity index (χ0v) is 78.4. The van der Waals surface area contributed by atoms with Gasteiger partial charge in [0.25, 0.3) is 0 Å². The van der Waals surface area contributed by atoms with Gasteiger partial charge in [-0.2, -0.15) is 0 Å². The number of esters is 6. The summed E-state index contributed by atoms with van der Waals surface area (Å²) in [6.07, 6.45) is -30.9. The number of methoxy groups -OCH3 is 1. The molecule has 20 atom stereocenters. The van der Waals surface area contributed by atoms with Crippen LogP contribution in [0.25, 0.3) is 0 Å². The lowest BCUT2D eigenvalue weighted by molar-refractivity contribution is -0.374. The SMILES string of the molecule is CO[C@H]1O[C@H](COC(=O)c2ccccc2)[C@@H](O[C@H]2O[C@H](CO[C@@H]3O[C@H](CO[C@H]4O[C@H](COCc5ccccc5)[C@@H](OCc5ccccc5)[C@H](OCc5ccccc5)[C@H]4OCc4ccccc4)[C@@H](OC(=O)c4ccccc4)[C@H](OC(=O)c4ccccc4)[C@H]3OC(=O)c3ccccc3)[C@@H](OCc3ccccc3)[C@H](OCc3ccccc3)[C@H]2OCc2ccccc2)[C@H](OC(=O)c2ccccc2)[C@H]1OC(=O)c1ccccc1. The topological polar surface area (TPSA) is 296 Å². The second-order valence-electron chi connectivity index (χ2n) is 34.4. The Kier molecular flexibility index (Phi) is 36.3. The van der Waals surface area contributed by atoms with Crippen LogP contribution in [0.2, 0.25) is 0 Å². The largest absolute Gasteiger partial charge is 0.459 e. The first-order valence-electron chi connectivity index (χ1n) is 47.5. The van der Waals surface area contributed by atoms with Crippen LogP contribution in [-0.2, 0) is 146 Å². The highest BCUT2D eigenvalue weighted by Gasteiger charge is 2.60. The molecule has 0 bridgehead atoms. The summed E-state index contributed by atoms with van der Waals surface area (Å²) in [7, 11) is 1.30. The Hall–Kier alpha value is -13.9. The molecule has 4 heterocycles. The second kappa shape index (κ2) is 51.7. The molecule has 13 aromatic rings. The van der Waals surface area contributed by atoms with Crippen LogP contribution in [0.1, 0.15) is 101 Å². The van der Waals surface area contributed by atoms with E-state index in [1.807, 2.05) is 212 Å². The zero-order chi connectivity index (χ0) is 98.1. The highest BCUT2D eigenvalue weighted by molar-refractivity contribution is 5.93. The summed E-state index contributed by atoms with van der Waals surface area (Å²) in [5, 5.41) is 0. The fourth-order valence-corrected chi connectivity index (χ4v) is 17.2. The molecule has 0 saturated carbocycles. The smallest absolute Gasteiger partial charge is 0.338 e. The highest BCUT2D eigenvalue weighted by Crippen LogP contribution is 2.41. The molecule has 0 N–H and O–H groups in total. The normalized spacial score (nSPS) is 24.1. The fraction of sp³-hybridized carbons (Fsp3) is 0.276. The Morgan fingerprint density at radius 1 is 0.196 bits per heavy atom. The average molecular weight is 1940 g/mol. The number of ether oxygens (including phenoxy) is 21. The van der Waals surface area contributed by atoms with Gasteiger partial charge in [0.05, 0.1) is 99.4 Å². The van der Waals surface area contributed by atoms with Crippen molar-refractivity contribution in [1.82, 2.24) is 0 Å². The van der Waals surface area contributed by atoms with Gasteiger partial charge in [-0.05, 0) is 112 Å². The minimum absolute atomic E-state index is 0.0106. The van der Waals surface area contributed by atoms with E-state index in [-0.39, 0.29) is 86.2 Å². The summed E-state index contributed by atoms with van der Waals surface area (Å²) < 4.78 is 148. The van der Waals surface area contributed by atoms with Crippen LogP contribution >= 0.6 is 0 Å². The van der Waals surface area contributed by atoms with Gasteiger partial charge >= 0.3 is 35.8 Å². The van der Waals surface area contributed by atoms with Crippen molar-refractivity contribution in [1.29, 1.82) is 0 Å². The van der Waals surface area contributed by atoms with Crippen molar-refractivity contribution < 1.29 is 128 Å². The van der Waals surface area contributed by atoms with Crippen LogP contribution in [0.5, 0.6) is 0 Å². The summed E-state index contributed by atoms with van der Waals surface area (Å²) in [6, 6.07) is 115. The zero-order valence-electron chi connectivity index (χ0n) is 78.4. The van der Waals surface area contributed by atoms with Crippen molar-refractivity contribution in [2.45, 2.75) is 169 Å². The monoisotopic (exact) mass is 1930 g/mol. The van der Waals surface area contributed by atoms with Crippen molar-refractivity contribution >= 4 is 35.8 Å².